The van der Waals surface area contributed by atoms with Crippen LogP contribution in [-0.4, -0.2) is 20.5 Å². The summed E-state index contributed by atoms with van der Waals surface area (Å²) in [5.74, 6) is -0.316. The van der Waals surface area contributed by atoms with E-state index in [1.807, 2.05) is 0 Å². The number of hydrogen-bond acceptors (Lipinski definition) is 4. The predicted octanol–water partition coefficient (Wildman–Crippen LogP) is 5.87. The zero-order chi connectivity index (χ0) is 22.9. The van der Waals surface area contributed by atoms with Crippen LogP contribution in [-0.2, 0) is 17.4 Å². The molecule has 2 aromatic heterocycles. The third kappa shape index (κ3) is 4.51. The van der Waals surface area contributed by atoms with Crippen molar-refractivity contribution in [2.45, 2.75) is 19.5 Å². The fourth-order valence-electron chi connectivity index (χ4n) is 3.24. The second-order valence-corrected chi connectivity index (χ2v) is 7.01. The lowest BCUT2D eigenvalue weighted by Crippen LogP contribution is -2.07. The normalized spacial score (nSPS) is 11.5. The predicted molar refractivity (Wildman–Crippen MR) is 109 cm³/mol. The van der Waals surface area contributed by atoms with E-state index in [1.165, 1.54) is 30.3 Å². The first-order chi connectivity index (χ1) is 15.2. The second kappa shape index (κ2) is 8.26. The van der Waals surface area contributed by atoms with Gasteiger partial charge in [-0.05, 0) is 55.0 Å². The number of aryl methyl sites for hydroxylation is 1. The van der Waals surface area contributed by atoms with E-state index in [-0.39, 0.29) is 17.9 Å². The van der Waals surface area contributed by atoms with Crippen LogP contribution in [0.15, 0.2) is 67.0 Å². The van der Waals surface area contributed by atoms with Crippen molar-refractivity contribution in [1.82, 2.24) is 9.38 Å². The first kappa shape index (κ1) is 21.2. The van der Waals surface area contributed by atoms with Gasteiger partial charge in [-0.25, -0.2) is 4.98 Å². The summed E-state index contributed by atoms with van der Waals surface area (Å²) in [6, 6.07) is 12.7. The van der Waals surface area contributed by atoms with E-state index in [4.69, 9.17) is 14.6 Å². The van der Waals surface area contributed by atoms with Crippen LogP contribution in [0.5, 0.6) is 23.0 Å². The molecule has 0 aliphatic carbocycles. The van der Waals surface area contributed by atoms with Crippen LogP contribution < -0.4 is 9.47 Å². The van der Waals surface area contributed by atoms with Gasteiger partial charge in [0.2, 0.25) is 0 Å². The zero-order valence-corrected chi connectivity index (χ0v) is 16.8. The van der Waals surface area contributed by atoms with Crippen LogP contribution in [0, 0.1) is 6.92 Å². The average molecular weight is 442 g/mol. The number of benzene rings is 2. The summed E-state index contributed by atoms with van der Waals surface area (Å²) in [7, 11) is 0. The lowest BCUT2D eigenvalue weighted by molar-refractivity contribution is -0.138. The Morgan fingerprint density at radius 2 is 1.78 bits per heavy atom. The number of fused-ring (bicyclic) bond motifs is 1. The number of pyridine rings is 1. The highest BCUT2D eigenvalue weighted by molar-refractivity contribution is 5.70. The third-order valence-corrected chi connectivity index (χ3v) is 4.68. The van der Waals surface area contributed by atoms with Gasteiger partial charge in [0, 0.05) is 6.20 Å². The maximum Gasteiger partial charge on any atom is 0.420 e. The minimum absolute atomic E-state index is 0.0174. The summed E-state index contributed by atoms with van der Waals surface area (Å²) in [6.45, 7) is 1.80. The number of carbonyl (C=O) groups is 1. The minimum atomic E-state index is -4.70. The SMILES string of the molecule is Cc1ncc2c(Oc3ccc(Oc4cccc(CC(=O)O)c4)c(C(F)(F)F)c3)cccn12. The molecule has 0 spiro atoms. The number of alkyl halides is 3. The van der Waals surface area contributed by atoms with E-state index in [9.17, 15) is 18.0 Å². The van der Waals surface area contributed by atoms with Crippen LogP contribution in [0.2, 0.25) is 0 Å². The fourth-order valence-corrected chi connectivity index (χ4v) is 3.24. The topological polar surface area (TPSA) is 73.1 Å². The van der Waals surface area contributed by atoms with Crippen LogP contribution in [0.1, 0.15) is 17.0 Å². The molecule has 0 amide bonds. The highest BCUT2D eigenvalue weighted by Crippen LogP contribution is 2.41. The molecule has 4 aromatic rings. The Labute approximate surface area is 180 Å². The van der Waals surface area contributed by atoms with Crippen LogP contribution >= 0.6 is 0 Å². The van der Waals surface area contributed by atoms with Gasteiger partial charge in [0.25, 0.3) is 0 Å². The van der Waals surface area contributed by atoms with Crippen molar-refractivity contribution in [2.75, 3.05) is 0 Å². The standard InChI is InChI=1S/C23H17F3N2O4/c1-14-27-13-19-21(6-3-9-28(14)19)32-17-7-8-20(18(12-17)23(24,25)26)31-16-5-2-4-15(10-16)11-22(29)30/h2-10,12-13H,11H2,1H3,(H,29,30). The quantitative estimate of drug-likeness (QED) is 0.404. The smallest absolute Gasteiger partial charge is 0.420 e. The Morgan fingerprint density at radius 3 is 2.53 bits per heavy atom. The molecule has 0 saturated carbocycles. The highest BCUT2D eigenvalue weighted by atomic mass is 19.4. The Morgan fingerprint density at radius 1 is 1.03 bits per heavy atom. The maximum atomic E-state index is 13.8. The number of halogens is 3. The zero-order valence-electron chi connectivity index (χ0n) is 16.8. The summed E-state index contributed by atoms with van der Waals surface area (Å²) < 4.78 is 54.2. The molecule has 0 fully saturated rings. The molecular formula is C23H17F3N2O4. The lowest BCUT2D eigenvalue weighted by Gasteiger charge is -2.16. The molecule has 2 aromatic carbocycles. The number of carboxylic acids is 1. The van der Waals surface area contributed by atoms with E-state index in [2.05, 4.69) is 4.98 Å². The first-order valence-electron chi connectivity index (χ1n) is 9.51. The Bertz CT molecular complexity index is 1300. The number of ether oxygens (including phenoxy) is 2. The van der Waals surface area contributed by atoms with Gasteiger partial charge in [-0.3, -0.25) is 4.79 Å². The number of carboxylic acid groups (broad SMARTS) is 1. The van der Waals surface area contributed by atoms with Gasteiger partial charge in [0.15, 0.2) is 5.75 Å². The molecule has 0 bridgehead atoms. The van der Waals surface area contributed by atoms with Gasteiger partial charge < -0.3 is 19.0 Å². The summed E-state index contributed by atoms with van der Waals surface area (Å²) >= 11 is 0. The largest absolute Gasteiger partial charge is 0.481 e. The van der Waals surface area contributed by atoms with E-state index in [0.717, 1.165) is 11.9 Å². The second-order valence-electron chi connectivity index (χ2n) is 7.01. The molecule has 0 saturated heterocycles. The number of imidazole rings is 1. The number of hydrogen-bond donors (Lipinski definition) is 1. The van der Waals surface area contributed by atoms with Crippen molar-refractivity contribution in [1.29, 1.82) is 0 Å². The molecule has 32 heavy (non-hydrogen) atoms. The lowest BCUT2D eigenvalue weighted by atomic mass is 10.1. The van der Waals surface area contributed by atoms with E-state index in [0.29, 0.717) is 16.8 Å². The molecule has 1 N–H and O–H groups in total. The molecular weight excluding hydrogens is 425 g/mol. The van der Waals surface area contributed by atoms with E-state index >= 15 is 0 Å². The molecule has 0 aliphatic rings. The van der Waals surface area contributed by atoms with Crippen molar-refractivity contribution < 1.29 is 32.5 Å². The molecule has 0 radical (unpaired) electrons. The molecule has 0 atom stereocenters. The van der Waals surface area contributed by atoms with Crippen molar-refractivity contribution >= 4 is 11.5 Å². The fraction of sp³-hybridized carbons (Fsp3) is 0.130. The number of nitrogens with zero attached hydrogens (tertiary/aromatic N) is 2. The number of rotatable bonds is 6. The Kier molecular flexibility index (Phi) is 5.48. The van der Waals surface area contributed by atoms with Gasteiger partial charge in [0.05, 0.1) is 12.6 Å². The summed E-state index contributed by atoms with van der Waals surface area (Å²) in [5, 5.41) is 8.91. The summed E-state index contributed by atoms with van der Waals surface area (Å²) in [6.07, 6.45) is -1.61. The Hall–Kier alpha value is -4.01. The molecule has 2 heterocycles. The summed E-state index contributed by atoms with van der Waals surface area (Å²) in [4.78, 5) is 15.1. The van der Waals surface area contributed by atoms with E-state index in [1.54, 1.807) is 41.9 Å². The van der Waals surface area contributed by atoms with Crippen molar-refractivity contribution in [2.24, 2.45) is 0 Å². The molecule has 9 heteroatoms. The van der Waals surface area contributed by atoms with Crippen LogP contribution in [0.25, 0.3) is 5.52 Å². The van der Waals surface area contributed by atoms with Crippen LogP contribution in [0.3, 0.4) is 0 Å². The van der Waals surface area contributed by atoms with Crippen molar-refractivity contribution in [3.05, 3.63) is 83.9 Å². The van der Waals surface area contributed by atoms with Crippen molar-refractivity contribution in [3.63, 3.8) is 0 Å². The van der Waals surface area contributed by atoms with Gasteiger partial charge in [0.1, 0.15) is 34.2 Å². The van der Waals surface area contributed by atoms with Crippen LogP contribution in [0.4, 0.5) is 13.2 Å². The van der Waals surface area contributed by atoms with Crippen molar-refractivity contribution in [3.8, 4) is 23.0 Å². The molecule has 164 valence electrons. The number of aliphatic carboxylic acids is 1. The van der Waals surface area contributed by atoms with Gasteiger partial charge in [-0.2, -0.15) is 13.2 Å². The molecule has 0 unspecified atom stereocenters. The minimum Gasteiger partial charge on any atom is -0.481 e. The molecule has 0 aliphatic heterocycles. The van der Waals surface area contributed by atoms with Gasteiger partial charge in [-0.1, -0.05) is 12.1 Å². The third-order valence-electron chi connectivity index (χ3n) is 4.68. The van der Waals surface area contributed by atoms with Gasteiger partial charge in [-0.15, -0.1) is 0 Å². The molecule has 6 nitrogen and oxygen atoms in total. The monoisotopic (exact) mass is 442 g/mol. The van der Waals surface area contributed by atoms with E-state index < -0.39 is 23.5 Å². The first-order valence-corrected chi connectivity index (χ1v) is 9.51. The highest BCUT2D eigenvalue weighted by Gasteiger charge is 2.35. The average Bonchev–Trinajstić information content (AvgIpc) is 3.10. The maximum absolute atomic E-state index is 13.8. The summed E-state index contributed by atoms with van der Waals surface area (Å²) in [5.41, 5.74) is 0.0112. The molecule has 4 rings (SSSR count). The number of aromatic nitrogens is 2. The van der Waals surface area contributed by atoms with Gasteiger partial charge >= 0.3 is 12.1 Å². The Balaban J connectivity index is 1.66.